The Morgan fingerprint density at radius 1 is 1.16 bits per heavy atom. The van der Waals surface area contributed by atoms with E-state index in [0.29, 0.717) is 11.2 Å². The number of esters is 1. The molecule has 0 saturated carbocycles. The third-order valence-corrected chi connectivity index (χ3v) is 7.12. The van der Waals surface area contributed by atoms with Crippen LogP contribution in [0.15, 0.2) is 36.9 Å². The highest BCUT2D eigenvalue weighted by atomic mass is 31.2. The number of ether oxygens (including phenoxy) is 2. The fourth-order valence-corrected chi connectivity index (χ4v) is 5.48. The zero-order chi connectivity index (χ0) is 27.4. The summed E-state index contributed by atoms with van der Waals surface area (Å²) in [6, 6.07) is 4.74. The number of amides is 1. The molecule has 0 fully saturated rings. The van der Waals surface area contributed by atoms with E-state index in [2.05, 4.69) is 25.1 Å². The molecule has 3 aromatic rings. The van der Waals surface area contributed by atoms with Crippen LogP contribution in [0.2, 0.25) is 0 Å². The zero-order valence-electron chi connectivity index (χ0n) is 21.3. The summed E-state index contributed by atoms with van der Waals surface area (Å²) in [5.41, 5.74) is 5.43. The molecule has 14 heteroatoms. The van der Waals surface area contributed by atoms with Crippen LogP contribution >= 0.6 is 7.44 Å². The molecule has 0 saturated heterocycles. The van der Waals surface area contributed by atoms with Crippen molar-refractivity contribution in [3.8, 4) is 0 Å². The molecule has 1 aromatic carbocycles. The van der Waals surface area contributed by atoms with Gasteiger partial charge < -0.3 is 19.8 Å². The highest BCUT2D eigenvalue weighted by Gasteiger charge is 2.39. The number of carbonyl (C=O) groups excluding carboxylic acids is 2. The maximum absolute atomic E-state index is 13.9. The maximum Gasteiger partial charge on any atom is 0.326 e. The summed E-state index contributed by atoms with van der Waals surface area (Å²) in [6.45, 7) is 8.36. The third-order valence-electron chi connectivity index (χ3n) is 5.13. The van der Waals surface area contributed by atoms with Gasteiger partial charge in [-0.25, -0.2) is 24.4 Å². The van der Waals surface area contributed by atoms with Crippen LogP contribution in [0.4, 0.5) is 10.2 Å². The van der Waals surface area contributed by atoms with Gasteiger partial charge in [-0.2, -0.15) is 0 Å². The second kappa shape index (κ2) is 11.3. The van der Waals surface area contributed by atoms with Crippen LogP contribution in [0.5, 0.6) is 0 Å². The Morgan fingerprint density at radius 3 is 2.49 bits per heavy atom. The first kappa shape index (κ1) is 28.2. The average molecular weight is 536 g/mol. The lowest BCUT2D eigenvalue weighted by Gasteiger charge is -2.31. The van der Waals surface area contributed by atoms with Crippen molar-refractivity contribution < 1.29 is 28.0 Å². The van der Waals surface area contributed by atoms with Crippen LogP contribution in [0.3, 0.4) is 0 Å². The lowest BCUT2D eigenvalue weighted by atomic mass is 10.1. The molecule has 0 aliphatic carbocycles. The molecule has 0 spiro atoms. The number of carbonyl (C=O) groups is 2. The summed E-state index contributed by atoms with van der Waals surface area (Å²) in [6.07, 6.45) is 1.49. The molecule has 12 nitrogen and oxygen atoms in total. The fraction of sp³-hybridized carbons (Fsp3) is 0.435. The molecule has 0 aliphatic rings. The van der Waals surface area contributed by atoms with Gasteiger partial charge in [-0.3, -0.25) is 19.2 Å². The van der Waals surface area contributed by atoms with Crippen LogP contribution in [0.25, 0.3) is 11.2 Å². The minimum absolute atomic E-state index is 0.0844. The second-order valence-electron chi connectivity index (χ2n) is 9.31. The van der Waals surface area contributed by atoms with E-state index in [4.69, 9.17) is 15.2 Å². The Morgan fingerprint density at radius 2 is 1.84 bits per heavy atom. The SMILES string of the molecule is CC(C)OC(=O)C(C)(C)N[P@@](=O)(CO[C@H](C)Cn1cnc2c(N)ncnc21)NC(=O)c1ccc(F)cc1. The van der Waals surface area contributed by atoms with Crippen molar-refractivity contribution in [1.82, 2.24) is 29.7 Å². The number of imidazole rings is 1. The van der Waals surface area contributed by atoms with Gasteiger partial charge in [-0.05, 0) is 58.9 Å². The molecule has 0 unspecified atom stereocenters. The lowest BCUT2D eigenvalue weighted by Crippen LogP contribution is -2.49. The molecule has 37 heavy (non-hydrogen) atoms. The molecular weight excluding hydrogens is 504 g/mol. The monoisotopic (exact) mass is 535 g/mol. The molecule has 4 N–H and O–H groups in total. The number of fused-ring (bicyclic) bond motifs is 1. The summed E-state index contributed by atoms with van der Waals surface area (Å²) in [7, 11) is -3.91. The summed E-state index contributed by atoms with van der Waals surface area (Å²) >= 11 is 0. The van der Waals surface area contributed by atoms with E-state index in [9.17, 15) is 18.5 Å². The number of benzene rings is 1. The number of nitrogens with one attached hydrogen (secondary N) is 2. The molecular formula is C23H31FN7O5P. The van der Waals surface area contributed by atoms with Crippen molar-refractivity contribution >= 4 is 36.3 Å². The Hall–Kier alpha value is -3.41. The summed E-state index contributed by atoms with van der Waals surface area (Å²) < 4.78 is 40.0. The number of nitrogen functional groups attached to an aromatic ring is 1. The first-order valence-electron chi connectivity index (χ1n) is 11.5. The third kappa shape index (κ3) is 7.31. The molecule has 1 amide bonds. The number of aromatic nitrogens is 4. The van der Waals surface area contributed by atoms with Crippen molar-refractivity contribution in [1.29, 1.82) is 0 Å². The Bertz CT molecular complexity index is 1310. The lowest BCUT2D eigenvalue weighted by molar-refractivity contribution is -0.153. The van der Waals surface area contributed by atoms with Crippen molar-refractivity contribution in [3.05, 3.63) is 48.3 Å². The molecule has 3 rings (SSSR count). The second-order valence-corrected chi connectivity index (χ2v) is 11.5. The normalized spacial score (nSPS) is 14.4. The molecule has 0 radical (unpaired) electrons. The smallest absolute Gasteiger partial charge is 0.326 e. The Labute approximate surface area is 213 Å². The number of nitrogens with zero attached hydrogens (tertiary/aromatic N) is 4. The van der Waals surface area contributed by atoms with E-state index < -0.39 is 49.2 Å². The molecule has 2 aromatic heterocycles. The Balaban J connectivity index is 1.77. The largest absolute Gasteiger partial charge is 0.462 e. The van der Waals surface area contributed by atoms with Crippen molar-refractivity contribution in [2.45, 2.75) is 58.9 Å². The van der Waals surface area contributed by atoms with Crippen molar-refractivity contribution in [2.75, 3.05) is 12.1 Å². The standard InChI is InChI=1S/C23H31FN7O5P/c1-14(2)36-22(33)23(4,5)30-37(34,29-21(32)16-6-8-17(24)9-7-16)13-35-15(3)10-31-12-28-18-19(25)26-11-27-20(18)31/h6-9,11-12,14-15H,10,13H2,1-5H3,(H2,25,26,27)(H2,29,30,32,34)/t15-,37-/m1/s1. The quantitative estimate of drug-likeness (QED) is 0.246. The van der Waals surface area contributed by atoms with Gasteiger partial charge in [0.25, 0.3) is 13.4 Å². The van der Waals surface area contributed by atoms with Crippen molar-refractivity contribution in [3.63, 3.8) is 0 Å². The van der Waals surface area contributed by atoms with Gasteiger partial charge in [0.1, 0.15) is 29.5 Å². The summed E-state index contributed by atoms with van der Waals surface area (Å²) in [5, 5.41) is 5.17. The van der Waals surface area contributed by atoms with E-state index >= 15 is 0 Å². The number of rotatable bonds is 11. The minimum Gasteiger partial charge on any atom is -0.462 e. The van der Waals surface area contributed by atoms with Gasteiger partial charge in [-0.1, -0.05) is 0 Å². The van der Waals surface area contributed by atoms with Crippen LogP contribution in [0, 0.1) is 5.82 Å². The molecule has 0 bridgehead atoms. The van der Waals surface area contributed by atoms with Gasteiger partial charge in [0.15, 0.2) is 11.5 Å². The van der Waals surface area contributed by atoms with Gasteiger partial charge in [0.05, 0.1) is 25.1 Å². The van der Waals surface area contributed by atoms with Gasteiger partial charge in [-0.15, -0.1) is 0 Å². The summed E-state index contributed by atoms with van der Waals surface area (Å²) in [4.78, 5) is 37.7. The van der Waals surface area contributed by atoms with Crippen LogP contribution in [-0.4, -0.2) is 55.5 Å². The van der Waals surface area contributed by atoms with Crippen LogP contribution in [0.1, 0.15) is 45.0 Å². The molecule has 200 valence electrons. The predicted octanol–water partition coefficient (Wildman–Crippen LogP) is 2.85. The highest BCUT2D eigenvalue weighted by Crippen LogP contribution is 2.40. The molecule has 0 aliphatic heterocycles. The molecule has 2 atom stereocenters. The van der Waals surface area contributed by atoms with E-state index in [0.717, 1.165) is 12.1 Å². The van der Waals surface area contributed by atoms with Gasteiger partial charge >= 0.3 is 5.97 Å². The number of anilines is 1. The van der Waals surface area contributed by atoms with Crippen LogP contribution in [-0.2, 0) is 25.4 Å². The summed E-state index contributed by atoms with van der Waals surface area (Å²) in [5.74, 6) is -1.67. The van der Waals surface area contributed by atoms with Gasteiger partial charge in [0, 0.05) is 5.56 Å². The first-order chi connectivity index (χ1) is 17.3. The van der Waals surface area contributed by atoms with E-state index in [1.54, 1.807) is 25.3 Å². The van der Waals surface area contributed by atoms with E-state index in [1.165, 1.54) is 38.6 Å². The first-order valence-corrected chi connectivity index (χ1v) is 13.4. The van der Waals surface area contributed by atoms with Crippen LogP contribution < -0.4 is 15.9 Å². The molecule has 2 heterocycles. The number of hydrogen-bond donors (Lipinski definition) is 3. The maximum atomic E-state index is 13.9. The number of nitrogens with two attached hydrogens (primary N) is 1. The average Bonchev–Trinajstić information content (AvgIpc) is 3.21. The Kier molecular flexibility index (Phi) is 8.62. The van der Waals surface area contributed by atoms with Crippen molar-refractivity contribution in [2.24, 2.45) is 0 Å². The highest BCUT2D eigenvalue weighted by molar-refractivity contribution is 7.60. The van der Waals surface area contributed by atoms with E-state index in [1.807, 2.05) is 0 Å². The topological polar surface area (TPSA) is 163 Å². The fourth-order valence-electron chi connectivity index (χ4n) is 3.38. The zero-order valence-corrected chi connectivity index (χ0v) is 22.2. The van der Waals surface area contributed by atoms with E-state index in [-0.39, 0.29) is 17.9 Å². The van der Waals surface area contributed by atoms with Gasteiger partial charge in [0.2, 0.25) is 0 Å². The minimum atomic E-state index is -3.91. The number of halogens is 1. The number of hydrogen-bond acceptors (Lipinski definition) is 9. The predicted molar refractivity (Wildman–Crippen MR) is 135 cm³/mol.